The number of halogens is 1. The average molecular weight is 455 g/mol. The van der Waals surface area contributed by atoms with Crippen molar-refractivity contribution >= 4 is 27.8 Å². The van der Waals surface area contributed by atoms with Crippen molar-refractivity contribution in [3.05, 3.63) is 52.3 Å². The molecule has 0 aliphatic heterocycles. The Morgan fingerprint density at radius 2 is 1.93 bits per heavy atom. The van der Waals surface area contributed by atoms with Crippen molar-refractivity contribution in [3.8, 4) is 5.75 Å². The summed E-state index contributed by atoms with van der Waals surface area (Å²) in [5.41, 5.74) is 2.01. The van der Waals surface area contributed by atoms with E-state index < -0.39 is 0 Å². The molecular formula is C24H27BrN2O2. The molecule has 0 unspecified atom stereocenters. The summed E-state index contributed by atoms with van der Waals surface area (Å²) in [4.78, 5) is 13.2. The van der Waals surface area contributed by atoms with Crippen LogP contribution in [0.3, 0.4) is 0 Å². The Labute approximate surface area is 180 Å². The van der Waals surface area contributed by atoms with Crippen LogP contribution in [0, 0.1) is 23.2 Å². The molecule has 152 valence electrons. The number of methoxy groups -OCH3 is 1. The fourth-order valence-corrected chi connectivity index (χ4v) is 6.71. The van der Waals surface area contributed by atoms with E-state index in [0.717, 1.165) is 58.4 Å². The minimum atomic E-state index is -0.0676. The molecule has 4 bridgehead atoms. The number of nitrogens with zero attached hydrogens (tertiary/aromatic N) is 2. The van der Waals surface area contributed by atoms with Crippen molar-refractivity contribution < 1.29 is 9.53 Å². The molecule has 1 aromatic heterocycles. The monoisotopic (exact) mass is 454 g/mol. The first-order valence-corrected chi connectivity index (χ1v) is 11.4. The lowest BCUT2D eigenvalue weighted by molar-refractivity contribution is -0.138. The highest BCUT2D eigenvalue weighted by Crippen LogP contribution is 2.60. The Kier molecular flexibility index (Phi) is 4.89. The van der Waals surface area contributed by atoms with Gasteiger partial charge in [-0.05, 0) is 96.0 Å². The van der Waals surface area contributed by atoms with Crippen LogP contribution in [0.1, 0.15) is 49.7 Å². The van der Waals surface area contributed by atoms with Gasteiger partial charge in [0.05, 0.1) is 24.3 Å². The number of ketones is 1. The number of hydrogen-bond donors (Lipinski definition) is 0. The van der Waals surface area contributed by atoms with Crippen molar-refractivity contribution in [3.63, 3.8) is 0 Å². The number of carbonyl (C=O) groups excluding carboxylic acids is 1. The van der Waals surface area contributed by atoms with Gasteiger partial charge in [-0.15, -0.1) is 0 Å². The van der Waals surface area contributed by atoms with E-state index in [1.165, 1.54) is 19.3 Å². The number of aromatic nitrogens is 2. The molecule has 1 heterocycles. The van der Waals surface area contributed by atoms with Crippen molar-refractivity contribution in [2.24, 2.45) is 23.2 Å². The van der Waals surface area contributed by atoms with E-state index in [2.05, 4.69) is 27.1 Å². The molecule has 6 rings (SSSR count). The maximum atomic E-state index is 13.2. The molecule has 0 saturated heterocycles. The predicted molar refractivity (Wildman–Crippen MR) is 117 cm³/mol. The summed E-state index contributed by atoms with van der Waals surface area (Å²) < 4.78 is 8.35. The van der Waals surface area contributed by atoms with Crippen LogP contribution in [0.15, 0.2) is 41.1 Å². The zero-order valence-electron chi connectivity index (χ0n) is 16.8. The highest BCUT2D eigenvalue weighted by Gasteiger charge is 2.53. The maximum absolute atomic E-state index is 13.2. The number of rotatable bonds is 6. The van der Waals surface area contributed by atoms with Crippen LogP contribution in [0.4, 0.5) is 0 Å². The van der Waals surface area contributed by atoms with Gasteiger partial charge in [0.1, 0.15) is 5.75 Å². The number of carbonyl (C=O) groups is 1. The van der Waals surface area contributed by atoms with Gasteiger partial charge < -0.3 is 4.74 Å². The molecule has 2 aromatic rings. The van der Waals surface area contributed by atoms with Crippen LogP contribution in [0.5, 0.6) is 5.75 Å². The van der Waals surface area contributed by atoms with Gasteiger partial charge in [0.15, 0.2) is 5.78 Å². The number of benzene rings is 1. The smallest absolute Gasteiger partial charge is 0.161 e. The fourth-order valence-electron chi connectivity index (χ4n) is 6.39. The Bertz CT molecular complexity index is 926. The van der Waals surface area contributed by atoms with Crippen molar-refractivity contribution in [2.75, 3.05) is 7.11 Å². The Hall–Kier alpha value is -1.88. The Balaban J connectivity index is 1.35. The largest absolute Gasteiger partial charge is 0.496 e. The van der Waals surface area contributed by atoms with Crippen molar-refractivity contribution in [1.82, 2.24) is 9.78 Å². The molecule has 0 radical (unpaired) electrons. The summed E-state index contributed by atoms with van der Waals surface area (Å²) >= 11 is 3.44. The zero-order valence-corrected chi connectivity index (χ0v) is 18.4. The summed E-state index contributed by atoms with van der Waals surface area (Å²) in [6, 6.07) is 6.09. The van der Waals surface area contributed by atoms with E-state index in [0.29, 0.717) is 12.3 Å². The molecule has 4 saturated carbocycles. The molecule has 29 heavy (non-hydrogen) atoms. The van der Waals surface area contributed by atoms with E-state index in [9.17, 15) is 4.79 Å². The first-order valence-electron chi connectivity index (χ1n) is 10.6. The van der Waals surface area contributed by atoms with Gasteiger partial charge in [0.25, 0.3) is 0 Å². The molecular weight excluding hydrogens is 428 g/mol. The third-order valence-electron chi connectivity index (χ3n) is 7.23. The van der Waals surface area contributed by atoms with E-state index in [1.54, 1.807) is 13.3 Å². The van der Waals surface area contributed by atoms with Crippen LogP contribution in [-0.4, -0.2) is 22.7 Å². The van der Waals surface area contributed by atoms with Crippen molar-refractivity contribution in [1.29, 1.82) is 0 Å². The van der Waals surface area contributed by atoms with Gasteiger partial charge in [-0.1, -0.05) is 12.1 Å². The third-order valence-corrected chi connectivity index (χ3v) is 7.64. The fraction of sp³-hybridized carbons (Fsp3) is 0.500. The number of hydrogen-bond acceptors (Lipinski definition) is 3. The lowest BCUT2D eigenvalue weighted by Gasteiger charge is -2.55. The molecule has 5 heteroatoms. The second-order valence-electron chi connectivity index (χ2n) is 9.32. The van der Waals surface area contributed by atoms with Gasteiger partial charge >= 0.3 is 0 Å². The highest BCUT2D eigenvalue weighted by molar-refractivity contribution is 9.10. The minimum Gasteiger partial charge on any atom is -0.496 e. The number of allylic oxidation sites excluding steroid dienone is 1. The van der Waals surface area contributed by atoms with Crippen LogP contribution in [-0.2, 0) is 11.3 Å². The molecule has 4 nitrogen and oxygen atoms in total. The van der Waals surface area contributed by atoms with Gasteiger partial charge in [0.2, 0.25) is 0 Å². The summed E-state index contributed by atoms with van der Waals surface area (Å²) in [5.74, 6) is 3.56. The quantitative estimate of drug-likeness (QED) is 0.541. The van der Waals surface area contributed by atoms with Crippen LogP contribution in [0.2, 0.25) is 0 Å². The molecule has 0 spiro atoms. The van der Waals surface area contributed by atoms with Gasteiger partial charge in [0, 0.05) is 17.2 Å². The SMILES string of the molecule is COc1ccc(/C=C/C(=O)C23CC4CC(CC(C4)C2)C3)cc1Cn1cc(Br)cn1. The highest BCUT2D eigenvalue weighted by atomic mass is 79.9. The third kappa shape index (κ3) is 3.70. The van der Waals surface area contributed by atoms with Crippen LogP contribution in [0.25, 0.3) is 6.08 Å². The molecule has 0 amide bonds. The lowest BCUT2D eigenvalue weighted by atomic mass is 9.48. The van der Waals surface area contributed by atoms with Crippen molar-refractivity contribution in [2.45, 2.75) is 45.1 Å². The first-order chi connectivity index (χ1) is 14.0. The topological polar surface area (TPSA) is 44.1 Å². The van der Waals surface area contributed by atoms with E-state index >= 15 is 0 Å². The van der Waals surface area contributed by atoms with Gasteiger partial charge in [-0.25, -0.2) is 0 Å². The summed E-state index contributed by atoms with van der Waals surface area (Å²) in [6.07, 6.45) is 15.0. The second kappa shape index (κ2) is 7.42. The summed E-state index contributed by atoms with van der Waals surface area (Å²) in [5, 5.41) is 4.34. The minimum absolute atomic E-state index is 0.0676. The summed E-state index contributed by atoms with van der Waals surface area (Å²) in [7, 11) is 1.68. The van der Waals surface area contributed by atoms with E-state index in [1.807, 2.05) is 35.2 Å². The molecule has 4 aliphatic carbocycles. The molecule has 0 N–H and O–H groups in total. The van der Waals surface area contributed by atoms with Gasteiger partial charge in [-0.2, -0.15) is 5.10 Å². The lowest BCUT2D eigenvalue weighted by Crippen LogP contribution is -2.49. The first kappa shape index (κ1) is 19.1. The Morgan fingerprint density at radius 1 is 1.24 bits per heavy atom. The van der Waals surface area contributed by atoms with Gasteiger partial charge in [-0.3, -0.25) is 9.48 Å². The van der Waals surface area contributed by atoms with Crippen LogP contribution < -0.4 is 4.74 Å². The Morgan fingerprint density at radius 3 is 2.52 bits per heavy atom. The molecule has 4 fully saturated rings. The second-order valence-corrected chi connectivity index (χ2v) is 10.2. The standard InChI is InChI=1S/C24H27BrN2O2/c1-29-22-4-2-16(9-20(22)14-27-15-21(25)13-26-27)3-5-23(28)24-10-17-6-18(11-24)8-19(7-17)12-24/h2-5,9,13,15,17-19H,6-8,10-12,14H2,1H3/b5-3+. The molecule has 0 atom stereocenters. The average Bonchev–Trinajstić information content (AvgIpc) is 3.10. The predicted octanol–water partition coefficient (Wildman–Crippen LogP) is 5.50. The molecule has 1 aromatic carbocycles. The molecule has 4 aliphatic rings. The summed E-state index contributed by atoms with van der Waals surface area (Å²) in [6.45, 7) is 0.624. The van der Waals surface area contributed by atoms with Crippen LogP contribution >= 0.6 is 15.9 Å². The van der Waals surface area contributed by atoms with E-state index in [-0.39, 0.29) is 5.41 Å². The maximum Gasteiger partial charge on any atom is 0.161 e. The zero-order chi connectivity index (χ0) is 20.0. The number of ether oxygens (including phenoxy) is 1. The normalized spacial score (nSPS) is 30.2. The van der Waals surface area contributed by atoms with E-state index in [4.69, 9.17) is 4.74 Å².